The molecular weight excluding hydrogens is 473 g/mol. The summed E-state index contributed by atoms with van der Waals surface area (Å²) in [6.45, 7) is 2.07. The van der Waals surface area contributed by atoms with Gasteiger partial charge in [0.25, 0.3) is 0 Å². The van der Waals surface area contributed by atoms with E-state index in [1.54, 1.807) is 42.5 Å². The summed E-state index contributed by atoms with van der Waals surface area (Å²) < 4.78 is 19.6. The van der Waals surface area contributed by atoms with Crippen LogP contribution in [0.4, 0.5) is 10.1 Å². The Kier molecular flexibility index (Phi) is 5.18. The van der Waals surface area contributed by atoms with Crippen LogP contribution in [0.25, 0.3) is 10.8 Å². The third kappa shape index (κ3) is 3.45. The van der Waals surface area contributed by atoms with Gasteiger partial charge in [0.1, 0.15) is 5.82 Å². The number of nitrogens with one attached hydrogen (secondary N) is 1. The summed E-state index contributed by atoms with van der Waals surface area (Å²) in [5, 5.41) is 13.7. The second-order valence-corrected chi connectivity index (χ2v) is 10.3. The van der Waals surface area contributed by atoms with Crippen molar-refractivity contribution in [2.75, 3.05) is 4.90 Å². The van der Waals surface area contributed by atoms with Crippen LogP contribution in [0.15, 0.2) is 60.7 Å². The van der Waals surface area contributed by atoms with Gasteiger partial charge in [0.05, 0.1) is 46.8 Å². The van der Waals surface area contributed by atoms with Crippen molar-refractivity contribution >= 4 is 34.2 Å². The van der Waals surface area contributed by atoms with Crippen molar-refractivity contribution in [3.63, 3.8) is 0 Å². The molecule has 3 aromatic carbocycles. The molecule has 1 N–H and O–H groups in total. The Hall–Kier alpha value is -4.09. The molecule has 3 heterocycles. The number of hydrogen-bond acceptors (Lipinski definition) is 5. The van der Waals surface area contributed by atoms with Crippen molar-refractivity contribution in [1.82, 2.24) is 5.32 Å². The van der Waals surface area contributed by atoms with Crippen molar-refractivity contribution < 1.29 is 23.5 Å². The lowest BCUT2D eigenvalue weighted by molar-refractivity contribution is -0.135. The number of hydrogen-bond donors (Lipinski definition) is 1. The van der Waals surface area contributed by atoms with Gasteiger partial charge in [-0.1, -0.05) is 36.4 Å². The SMILES string of the molecule is C[C@]12CCC(CC(=O)NCc3ccc(F)cc3)(O1)[C@@H]1C(=O)N(c3ccc(C#N)c4ccccc34)C(=O)[C@@H]12. The van der Waals surface area contributed by atoms with E-state index in [-0.39, 0.29) is 36.5 Å². The van der Waals surface area contributed by atoms with E-state index < -0.39 is 23.0 Å². The zero-order chi connectivity index (χ0) is 25.9. The average Bonchev–Trinajstić information content (AvgIpc) is 3.47. The predicted octanol–water partition coefficient (Wildman–Crippen LogP) is 3.98. The summed E-state index contributed by atoms with van der Waals surface area (Å²) in [4.78, 5) is 41.9. The fourth-order valence-corrected chi connectivity index (χ4v) is 6.46. The van der Waals surface area contributed by atoms with Crippen LogP contribution in [0.2, 0.25) is 0 Å². The maximum Gasteiger partial charge on any atom is 0.240 e. The molecule has 2 bridgehead atoms. The monoisotopic (exact) mass is 497 g/mol. The minimum absolute atomic E-state index is 0.0497. The number of fused-ring (bicyclic) bond motifs is 6. The molecule has 0 aliphatic carbocycles. The molecule has 8 heteroatoms. The molecule has 3 amide bonds. The highest BCUT2D eigenvalue weighted by Crippen LogP contribution is 2.62. The fourth-order valence-electron chi connectivity index (χ4n) is 6.46. The zero-order valence-electron chi connectivity index (χ0n) is 20.2. The lowest BCUT2D eigenvalue weighted by Crippen LogP contribution is -2.45. The van der Waals surface area contributed by atoms with Crippen LogP contribution >= 0.6 is 0 Å². The molecule has 1 unspecified atom stereocenters. The standard InChI is InChI=1S/C29H24FN3O4/c1-28-12-13-29(37-28,14-23(34)32-16-17-6-9-19(30)10-7-17)25-24(28)26(35)33(27(25)36)22-11-8-18(15-31)20-4-2-3-5-21(20)22/h2-11,24-25H,12-14,16H2,1H3,(H,32,34)/t24-,25+,28-,29?/m1/s1. The van der Waals surface area contributed by atoms with Crippen LogP contribution in [0.3, 0.4) is 0 Å². The van der Waals surface area contributed by atoms with Crippen LogP contribution in [0, 0.1) is 29.0 Å². The topological polar surface area (TPSA) is 99.5 Å². The van der Waals surface area contributed by atoms with Gasteiger partial charge in [-0.25, -0.2) is 9.29 Å². The number of anilines is 1. The summed E-state index contributed by atoms with van der Waals surface area (Å²) in [7, 11) is 0. The molecule has 7 nitrogen and oxygen atoms in total. The summed E-state index contributed by atoms with van der Waals surface area (Å²) >= 11 is 0. The first-order chi connectivity index (χ1) is 17.8. The Balaban J connectivity index is 1.31. The van der Waals surface area contributed by atoms with E-state index in [4.69, 9.17) is 4.74 Å². The predicted molar refractivity (Wildman–Crippen MR) is 132 cm³/mol. The molecule has 6 rings (SSSR count). The smallest absolute Gasteiger partial charge is 0.240 e. The van der Waals surface area contributed by atoms with Gasteiger partial charge in [0.2, 0.25) is 17.7 Å². The minimum Gasteiger partial charge on any atom is -0.367 e. The van der Waals surface area contributed by atoms with E-state index >= 15 is 0 Å². The highest BCUT2D eigenvalue weighted by molar-refractivity contribution is 6.26. The molecule has 37 heavy (non-hydrogen) atoms. The van der Waals surface area contributed by atoms with Gasteiger partial charge in [-0.15, -0.1) is 0 Å². The van der Waals surface area contributed by atoms with Gasteiger partial charge in [-0.3, -0.25) is 14.4 Å². The highest BCUT2D eigenvalue weighted by Gasteiger charge is 2.74. The molecule has 3 aliphatic heterocycles. The highest BCUT2D eigenvalue weighted by atomic mass is 19.1. The van der Waals surface area contributed by atoms with Gasteiger partial charge in [-0.05, 0) is 49.6 Å². The van der Waals surface area contributed by atoms with E-state index in [9.17, 15) is 24.0 Å². The largest absolute Gasteiger partial charge is 0.367 e. The van der Waals surface area contributed by atoms with Crippen molar-refractivity contribution in [3.05, 3.63) is 77.6 Å². The number of rotatable bonds is 5. The van der Waals surface area contributed by atoms with E-state index in [0.29, 0.717) is 34.9 Å². The normalized spacial score (nSPS) is 28.0. The average molecular weight is 498 g/mol. The number of imide groups is 1. The summed E-state index contributed by atoms with van der Waals surface area (Å²) in [6.07, 6.45) is 1.02. The third-order valence-corrected chi connectivity index (χ3v) is 8.14. The van der Waals surface area contributed by atoms with Gasteiger partial charge >= 0.3 is 0 Å². The molecule has 186 valence electrons. The maximum absolute atomic E-state index is 13.9. The third-order valence-electron chi connectivity index (χ3n) is 8.14. The van der Waals surface area contributed by atoms with Crippen molar-refractivity contribution in [2.45, 2.75) is 43.9 Å². The number of nitriles is 1. The lowest BCUT2D eigenvalue weighted by Gasteiger charge is -2.30. The van der Waals surface area contributed by atoms with E-state index in [0.717, 1.165) is 5.56 Å². The Morgan fingerprint density at radius 3 is 2.49 bits per heavy atom. The minimum atomic E-state index is -1.07. The first kappa shape index (κ1) is 23.3. The van der Waals surface area contributed by atoms with E-state index in [2.05, 4.69) is 11.4 Å². The number of benzene rings is 3. The number of carbonyl (C=O) groups excluding carboxylic acids is 3. The van der Waals surface area contributed by atoms with Gasteiger partial charge in [0, 0.05) is 17.3 Å². The second-order valence-electron chi connectivity index (χ2n) is 10.3. The number of amides is 3. The Morgan fingerprint density at radius 1 is 1.05 bits per heavy atom. The quantitative estimate of drug-likeness (QED) is 0.538. The molecule has 0 saturated carbocycles. The molecule has 3 aliphatic rings. The molecule has 3 aromatic rings. The van der Waals surface area contributed by atoms with Crippen molar-refractivity contribution in [1.29, 1.82) is 5.26 Å². The van der Waals surface area contributed by atoms with Gasteiger partial charge < -0.3 is 10.1 Å². The van der Waals surface area contributed by atoms with E-state index in [1.165, 1.54) is 17.0 Å². The van der Waals surface area contributed by atoms with Gasteiger partial charge in [0.15, 0.2) is 0 Å². The van der Waals surface area contributed by atoms with Crippen LogP contribution in [0.5, 0.6) is 0 Å². The summed E-state index contributed by atoms with van der Waals surface area (Å²) in [5.41, 5.74) is -0.261. The molecule has 0 radical (unpaired) electrons. The first-order valence-electron chi connectivity index (χ1n) is 12.3. The molecule has 3 saturated heterocycles. The molecule has 4 atom stereocenters. The number of ether oxygens (including phenoxy) is 1. The molecular formula is C29H24FN3O4. The number of nitrogens with zero attached hydrogens (tertiary/aromatic N) is 2. The lowest BCUT2D eigenvalue weighted by atomic mass is 9.67. The molecule has 0 aromatic heterocycles. The molecule has 3 fully saturated rings. The Morgan fingerprint density at radius 2 is 1.76 bits per heavy atom. The zero-order valence-corrected chi connectivity index (χ0v) is 20.2. The Bertz CT molecular complexity index is 1510. The summed E-state index contributed by atoms with van der Waals surface area (Å²) in [6, 6.07) is 18.5. The van der Waals surface area contributed by atoms with Crippen molar-refractivity contribution in [3.8, 4) is 6.07 Å². The van der Waals surface area contributed by atoms with Crippen LogP contribution in [-0.2, 0) is 25.7 Å². The number of halogens is 1. The molecule has 0 spiro atoms. The van der Waals surface area contributed by atoms with E-state index in [1.807, 2.05) is 13.0 Å². The van der Waals surface area contributed by atoms with Crippen LogP contribution in [-0.4, -0.2) is 28.9 Å². The van der Waals surface area contributed by atoms with Gasteiger partial charge in [-0.2, -0.15) is 5.26 Å². The fraction of sp³-hybridized carbons (Fsp3) is 0.310. The second kappa shape index (κ2) is 8.22. The maximum atomic E-state index is 13.9. The van der Waals surface area contributed by atoms with Crippen molar-refractivity contribution in [2.24, 2.45) is 11.8 Å². The Labute approximate surface area is 212 Å². The summed E-state index contributed by atoms with van der Waals surface area (Å²) in [5.74, 6) is -2.82. The first-order valence-corrected chi connectivity index (χ1v) is 12.3. The number of carbonyl (C=O) groups is 3. The van der Waals surface area contributed by atoms with Crippen LogP contribution in [0.1, 0.15) is 37.3 Å². The van der Waals surface area contributed by atoms with Crippen LogP contribution < -0.4 is 10.2 Å².